The number of benzene rings is 2. The van der Waals surface area contributed by atoms with E-state index in [1.54, 1.807) is 11.3 Å². The largest absolute Gasteiger partial charge is 0.136 e. The number of halogens is 2. The molecule has 1 atom stereocenters. The molecule has 1 heterocycles. The molecule has 19 heavy (non-hydrogen) atoms. The average Bonchev–Trinajstić information content (AvgIpc) is 2.85. The van der Waals surface area contributed by atoms with Gasteiger partial charge in [-0.05, 0) is 61.8 Å². The van der Waals surface area contributed by atoms with Crippen LogP contribution in [0.2, 0.25) is 0 Å². The van der Waals surface area contributed by atoms with Gasteiger partial charge in [-0.3, -0.25) is 0 Å². The topological polar surface area (TPSA) is 0 Å². The summed E-state index contributed by atoms with van der Waals surface area (Å²) in [5.41, 5.74) is 3.60. The number of hydrogen-bond acceptors (Lipinski definition) is 1. The zero-order chi connectivity index (χ0) is 13.4. The first-order chi connectivity index (χ1) is 9.16. The van der Waals surface area contributed by atoms with E-state index in [9.17, 15) is 0 Å². The summed E-state index contributed by atoms with van der Waals surface area (Å²) < 4.78 is 1.12. The van der Waals surface area contributed by atoms with Crippen molar-refractivity contribution in [2.45, 2.75) is 12.3 Å². The van der Waals surface area contributed by atoms with Gasteiger partial charge in [-0.1, -0.05) is 36.4 Å². The second-order valence-electron chi connectivity index (χ2n) is 4.56. The Morgan fingerprint density at radius 1 is 1.16 bits per heavy atom. The summed E-state index contributed by atoms with van der Waals surface area (Å²) in [5.74, 6) is 0. The van der Waals surface area contributed by atoms with E-state index < -0.39 is 0 Å². The number of rotatable bonds is 2. The summed E-state index contributed by atoms with van der Waals surface area (Å²) in [6, 6.07) is 14.8. The summed E-state index contributed by atoms with van der Waals surface area (Å²) in [4.78, 5) is 0. The molecule has 0 spiro atoms. The van der Waals surface area contributed by atoms with E-state index in [-0.39, 0.29) is 5.38 Å². The van der Waals surface area contributed by atoms with E-state index in [1.807, 2.05) is 0 Å². The first-order valence-corrected chi connectivity index (χ1v) is 8.14. The third-order valence-electron chi connectivity index (χ3n) is 3.32. The van der Waals surface area contributed by atoms with Crippen LogP contribution in [0.4, 0.5) is 0 Å². The SMILES string of the molecule is Cc1ccc2ccccc2c1C(Cl)c1csc(Br)c1. The van der Waals surface area contributed by atoms with Crippen molar-refractivity contribution in [1.82, 2.24) is 0 Å². The lowest BCUT2D eigenvalue weighted by Gasteiger charge is -2.15. The third-order valence-corrected chi connectivity index (χ3v) is 5.32. The summed E-state index contributed by atoms with van der Waals surface area (Å²) >= 11 is 11.9. The Kier molecular flexibility index (Phi) is 3.66. The fourth-order valence-electron chi connectivity index (χ4n) is 2.36. The Morgan fingerprint density at radius 3 is 2.68 bits per heavy atom. The minimum Gasteiger partial charge on any atom is -0.136 e. The van der Waals surface area contributed by atoms with Crippen molar-refractivity contribution in [2.24, 2.45) is 0 Å². The van der Waals surface area contributed by atoms with Gasteiger partial charge in [-0.25, -0.2) is 0 Å². The highest BCUT2D eigenvalue weighted by Crippen LogP contribution is 2.38. The van der Waals surface area contributed by atoms with Gasteiger partial charge in [0.25, 0.3) is 0 Å². The predicted octanol–water partition coefficient (Wildman–Crippen LogP) is 6.30. The minimum atomic E-state index is -0.103. The minimum absolute atomic E-state index is 0.103. The summed E-state index contributed by atoms with van der Waals surface area (Å²) in [5, 5.41) is 4.49. The lowest BCUT2D eigenvalue weighted by atomic mass is 9.95. The first kappa shape index (κ1) is 13.2. The average molecular weight is 352 g/mol. The second kappa shape index (κ2) is 5.28. The van der Waals surface area contributed by atoms with E-state index in [2.05, 4.69) is 70.7 Å². The Hall–Kier alpha value is -0.830. The fourth-order valence-corrected chi connectivity index (χ4v) is 4.06. The molecule has 3 aromatic rings. The van der Waals surface area contributed by atoms with Crippen LogP contribution in [0.1, 0.15) is 22.1 Å². The van der Waals surface area contributed by atoms with Crippen molar-refractivity contribution in [3.8, 4) is 0 Å². The lowest BCUT2D eigenvalue weighted by molar-refractivity contribution is 1.14. The molecule has 0 aliphatic carbocycles. The van der Waals surface area contributed by atoms with Crippen LogP contribution in [-0.4, -0.2) is 0 Å². The van der Waals surface area contributed by atoms with Crippen LogP contribution in [0.25, 0.3) is 10.8 Å². The Bertz CT molecular complexity index is 732. The van der Waals surface area contributed by atoms with E-state index in [1.165, 1.54) is 21.9 Å². The van der Waals surface area contributed by atoms with Gasteiger partial charge in [-0.2, -0.15) is 0 Å². The van der Waals surface area contributed by atoms with E-state index in [0.29, 0.717) is 0 Å². The normalized spacial score (nSPS) is 12.8. The smallest absolute Gasteiger partial charge is 0.0852 e. The molecular weight excluding hydrogens is 340 g/mol. The van der Waals surface area contributed by atoms with E-state index >= 15 is 0 Å². The molecule has 0 fully saturated rings. The van der Waals surface area contributed by atoms with E-state index in [0.717, 1.165) is 9.35 Å². The molecule has 0 N–H and O–H groups in total. The molecule has 0 aliphatic heterocycles. The van der Waals surface area contributed by atoms with Crippen molar-refractivity contribution in [3.05, 3.63) is 68.3 Å². The third kappa shape index (κ3) is 2.45. The predicted molar refractivity (Wildman–Crippen MR) is 88.4 cm³/mol. The van der Waals surface area contributed by atoms with Gasteiger partial charge in [0, 0.05) is 0 Å². The molecule has 96 valence electrons. The fraction of sp³-hybridized carbons (Fsp3) is 0.125. The van der Waals surface area contributed by atoms with E-state index in [4.69, 9.17) is 11.6 Å². The van der Waals surface area contributed by atoms with Crippen LogP contribution < -0.4 is 0 Å². The first-order valence-electron chi connectivity index (χ1n) is 6.03. The number of aryl methyl sites for hydroxylation is 1. The number of fused-ring (bicyclic) bond motifs is 1. The molecule has 3 heteroatoms. The highest BCUT2D eigenvalue weighted by Gasteiger charge is 2.17. The van der Waals surface area contributed by atoms with Gasteiger partial charge < -0.3 is 0 Å². The van der Waals surface area contributed by atoms with Gasteiger partial charge in [-0.15, -0.1) is 22.9 Å². The van der Waals surface area contributed by atoms with Crippen LogP contribution in [-0.2, 0) is 0 Å². The van der Waals surface area contributed by atoms with Crippen LogP contribution in [0.5, 0.6) is 0 Å². The highest BCUT2D eigenvalue weighted by molar-refractivity contribution is 9.11. The number of thiophene rings is 1. The molecular formula is C16H12BrClS. The second-order valence-corrected chi connectivity index (χ2v) is 7.29. The Morgan fingerprint density at radius 2 is 1.95 bits per heavy atom. The van der Waals surface area contributed by atoms with Gasteiger partial charge in [0.2, 0.25) is 0 Å². The quantitative estimate of drug-likeness (QED) is 0.475. The summed E-state index contributed by atoms with van der Waals surface area (Å²) in [6.07, 6.45) is 0. The molecule has 0 nitrogen and oxygen atoms in total. The monoisotopic (exact) mass is 350 g/mol. The van der Waals surface area contributed by atoms with Gasteiger partial charge >= 0.3 is 0 Å². The van der Waals surface area contributed by atoms with Crippen LogP contribution in [0.3, 0.4) is 0 Å². The lowest BCUT2D eigenvalue weighted by Crippen LogP contribution is -1.96. The molecule has 0 radical (unpaired) electrons. The van der Waals surface area contributed by atoms with Crippen molar-refractivity contribution in [2.75, 3.05) is 0 Å². The maximum absolute atomic E-state index is 6.72. The molecule has 0 saturated heterocycles. The molecule has 0 amide bonds. The van der Waals surface area contributed by atoms with Crippen LogP contribution >= 0.6 is 38.9 Å². The zero-order valence-corrected chi connectivity index (χ0v) is 13.5. The molecule has 1 unspecified atom stereocenters. The molecule has 0 saturated carbocycles. The number of hydrogen-bond donors (Lipinski definition) is 0. The molecule has 3 rings (SSSR count). The van der Waals surface area contributed by atoms with Crippen molar-refractivity contribution in [1.29, 1.82) is 0 Å². The van der Waals surface area contributed by atoms with Crippen molar-refractivity contribution in [3.63, 3.8) is 0 Å². The Labute approximate surface area is 130 Å². The highest BCUT2D eigenvalue weighted by atomic mass is 79.9. The van der Waals surface area contributed by atoms with Crippen LogP contribution in [0.15, 0.2) is 51.6 Å². The zero-order valence-electron chi connectivity index (χ0n) is 10.4. The molecule has 2 aromatic carbocycles. The van der Waals surface area contributed by atoms with Gasteiger partial charge in [0.05, 0.1) is 9.16 Å². The molecule has 0 bridgehead atoms. The maximum atomic E-state index is 6.72. The number of alkyl halides is 1. The standard InChI is InChI=1S/C16H12BrClS/c1-10-6-7-11-4-2-3-5-13(11)15(10)16(18)12-8-14(17)19-9-12/h2-9,16H,1H3. The van der Waals surface area contributed by atoms with Gasteiger partial charge in [0.15, 0.2) is 0 Å². The van der Waals surface area contributed by atoms with Crippen molar-refractivity contribution >= 4 is 49.6 Å². The summed E-state index contributed by atoms with van der Waals surface area (Å²) in [7, 11) is 0. The van der Waals surface area contributed by atoms with Crippen molar-refractivity contribution < 1.29 is 0 Å². The molecule has 1 aromatic heterocycles. The van der Waals surface area contributed by atoms with Crippen LogP contribution in [0, 0.1) is 6.92 Å². The summed E-state index contributed by atoms with van der Waals surface area (Å²) in [6.45, 7) is 2.12. The molecule has 0 aliphatic rings. The van der Waals surface area contributed by atoms with Gasteiger partial charge in [0.1, 0.15) is 0 Å². The maximum Gasteiger partial charge on any atom is 0.0852 e. The Balaban J connectivity index is 2.21.